The van der Waals surface area contributed by atoms with E-state index in [0.29, 0.717) is 5.02 Å². The van der Waals surface area contributed by atoms with Crippen LogP contribution in [0.15, 0.2) is 59.1 Å². The van der Waals surface area contributed by atoms with E-state index in [2.05, 4.69) is 44.0 Å². The van der Waals surface area contributed by atoms with Crippen LogP contribution < -0.4 is 4.74 Å². The maximum Gasteiger partial charge on any atom is 0.142 e. The van der Waals surface area contributed by atoms with Gasteiger partial charge in [0.15, 0.2) is 0 Å². The zero-order valence-electron chi connectivity index (χ0n) is 10.9. The lowest BCUT2D eigenvalue weighted by molar-refractivity contribution is 0.480. The number of hydrogen-bond acceptors (Lipinski definition) is 1. The molecule has 3 aromatic rings. The number of hydrogen-bond donors (Lipinski definition) is 0. The van der Waals surface area contributed by atoms with E-state index >= 15 is 0 Å². The predicted molar refractivity (Wildman–Crippen MR) is 95.8 cm³/mol. The number of ether oxygens (including phenoxy) is 1. The molecule has 0 saturated heterocycles. The van der Waals surface area contributed by atoms with E-state index < -0.39 is 0 Å². The Morgan fingerprint density at radius 3 is 2.57 bits per heavy atom. The lowest BCUT2D eigenvalue weighted by Gasteiger charge is -2.11. The van der Waals surface area contributed by atoms with Crippen molar-refractivity contribution in [3.05, 3.63) is 69.7 Å². The average molecular weight is 427 g/mol. The van der Waals surface area contributed by atoms with Crippen molar-refractivity contribution in [2.75, 3.05) is 0 Å². The molecule has 4 heteroatoms. The van der Waals surface area contributed by atoms with Crippen LogP contribution in [0.4, 0.5) is 0 Å². The highest BCUT2D eigenvalue weighted by atomic mass is 79.9. The van der Waals surface area contributed by atoms with E-state index in [-0.39, 0.29) is 0 Å². The van der Waals surface area contributed by atoms with Gasteiger partial charge < -0.3 is 4.74 Å². The third-order valence-corrected chi connectivity index (χ3v) is 5.00. The topological polar surface area (TPSA) is 9.23 Å². The van der Waals surface area contributed by atoms with Gasteiger partial charge in [-0.2, -0.15) is 0 Å². The highest BCUT2D eigenvalue weighted by Crippen LogP contribution is 2.36. The second kappa shape index (κ2) is 6.39. The Hall–Kier alpha value is -1.03. The molecule has 106 valence electrons. The molecule has 3 aromatic carbocycles. The molecule has 0 bridgehead atoms. The summed E-state index contributed by atoms with van der Waals surface area (Å²) in [4.78, 5) is 0. The van der Waals surface area contributed by atoms with Crippen molar-refractivity contribution in [2.24, 2.45) is 0 Å². The normalized spacial score (nSPS) is 10.8. The Kier molecular flexibility index (Phi) is 4.53. The maximum atomic E-state index is 6.21. The monoisotopic (exact) mass is 424 g/mol. The van der Waals surface area contributed by atoms with Gasteiger partial charge >= 0.3 is 0 Å². The van der Waals surface area contributed by atoms with Crippen LogP contribution in [0.3, 0.4) is 0 Å². The van der Waals surface area contributed by atoms with Crippen LogP contribution in [0.2, 0.25) is 5.02 Å². The molecule has 0 aliphatic rings. The quantitative estimate of drug-likeness (QED) is 0.412. The van der Waals surface area contributed by atoms with Crippen LogP contribution in [-0.2, 0) is 5.33 Å². The first kappa shape index (κ1) is 14.9. The molecule has 0 atom stereocenters. The van der Waals surface area contributed by atoms with Crippen LogP contribution in [0.25, 0.3) is 10.8 Å². The molecule has 0 aliphatic heterocycles. The summed E-state index contributed by atoms with van der Waals surface area (Å²) in [6, 6.07) is 17.9. The van der Waals surface area contributed by atoms with Crippen LogP contribution in [0, 0.1) is 0 Å². The molecule has 0 N–H and O–H groups in total. The fraction of sp³-hybridized carbons (Fsp3) is 0.0588. The molecule has 0 heterocycles. The van der Waals surface area contributed by atoms with Gasteiger partial charge in [0.25, 0.3) is 0 Å². The van der Waals surface area contributed by atoms with E-state index in [4.69, 9.17) is 16.3 Å². The molecule has 0 aliphatic carbocycles. The van der Waals surface area contributed by atoms with E-state index in [1.807, 2.05) is 42.5 Å². The van der Waals surface area contributed by atoms with E-state index in [1.165, 1.54) is 5.39 Å². The minimum atomic E-state index is 0.696. The largest absolute Gasteiger partial charge is 0.456 e. The fourth-order valence-electron chi connectivity index (χ4n) is 2.12. The number of fused-ring (bicyclic) bond motifs is 1. The smallest absolute Gasteiger partial charge is 0.142 e. The van der Waals surface area contributed by atoms with Crippen LogP contribution in [0.5, 0.6) is 11.5 Å². The third-order valence-electron chi connectivity index (χ3n) is 3.22. The minimum absolute atomic E-state index is 0.696. The Labute approximate surface area is 145 Å². The highest BCUT2D eigenvalue weighted by Gasteiger charge is 2.08. The number of benzene rings is 3. The summed E-state index contributed by atoms with van der Waals surface area (Å²) in [5, 5.41) is 3.72. The van der Waals surface area contributed by atoms with Crippen LogP contribution >= 0.6 is 43.5 Å². The van der Waals surface area contributed by atoms with Gasteiger partial charge in [-0.05, 0) is 50.5 Å². The lowest BCUT2D eigenvalue weighted by atomic mass is 10.1. The van der Waals surface area contributed by atoms with Crippen molar-refractivity contribution in [2.45, 2.75) is 5.33 Å². The first-order chi connectivity index (χ1) is 10.2. The van der Waals surface area contributed by atoms with E-state index in [1.54, 1.807) is 0 Å². The molecule has 1 nitrogen and oxygen atoms in total. The van der Waals surface area contributed by atoms with Gasteiger partial charge in [0, 0.05) is 10.4 Å². The molecular weight excluding hydrogens is 415 g/mol. The van der Waals surface area contributed by atoms with Crippen LogP contribution in [0.1, 0.15) is 5.56 Å². The van der Waals surface area contributed by atoms with Crippen molar-refractivity contribution in [1.29, 1.82) is 0 Å². The number of halogens is 3. The predicted octanol–water partition coefficient (Wildman–Crippen LogP) is 6.94. The third kappa shape index (κ3) is 3.10. The Balaban J connectivity index is 1.98. The van der Waals surface area contributed by atoms with Crippen LogP contribution in [-0.4, -0.2) is 0 Å². The fourth-order valence-corrected chi connectivity index (χ4v) is 3.58. The summed E-state index contributed by atoms with van der Waals surface area (Å²) < 4.78 is 6.90. The van der Waals surface area contributed by atoms with Gasteiger partial charge in [-0.1, -0.05) is 63.9 Å². The second-order valence-electron chi connectivity index (χ2n) is 4.59. The number of rotatable bonds is 3. The summed E-state index contributed by atoms with van der Waals surface area (Å²) in [6.07, 6.45) is 0. The second-order valence-corrected chi connectivity index (χ2v) is 6.35. The van der Waals surface area contributed by atoms with Crippen molar-refractivity contribution in [3.8, 4) is 11.5 Å². The van der Waals surface area contributed by atoms with Gasteiger partial charge in [-0.15, -0.1) is 0 Å². The highest BCUT2D eigenvalue weighted by molar-refractivity contribution is 9.10. The Morgan fingerprint density at radius 2 is 1.81 bits per heavy atom. The number of alkyl halides is 1. The zero-order chi connectivity index (χ0) is 14.8. The molecule has 0 aromatic heterocycles. The lowest BCUT2D eigenvalue weighted by Crippen LogP contribution is -1.88. The van der Waals surface area contributed by atoms with E-state index in [0.717, 1.165) is 32.3 Å². The van der Waals surface area contributed by atoms with Crippen molar-refractivity contribution in [3.63, 3.8) is 0 Å². The molecule has 0 fully saturated rings. The standard InChI is InChI=1S/C17H11Br2ClO/c18-10-12-5-7-13(9-15(12)20)21-16-8-6-11-3-1-2-4-14(11)17(16)19/h1-9H,10H2. The van der Waals surface area contributed by atoms with Gasteiger partial charge in [0.1, 0.15) is 11.5 Å². The van der Waals surface area contributed by atoms with Crippen molar-refractivity contribution >= 4 is 54.2 Å². The molecular formula is C17H11Br2ClO. The zero-order valence-corrected chi connectivity index (χ0v) is 14.9. The van der Waals surface area contributed by atoms with Gasteiger partial charge in [0.05, 0.1) is 4.47 Å². The summed E-state index contributed by atoms with van der Waals surface area (Å²) in [6.45, 7) is 0. The molecule has 0 amide bonds. The molecule has 21 heavy (non-hydrogen) atoms. The van der Waals surface area contributed by atoms with E-state index in [9.17, 15) is 0 Å². The van der Waals surface area contributed by atoms with Crippen molar-refractivity contribution < 1.29 is 4.74 Å². The summed E-state index contributed by atoms with van der Waals surface area (Å²) in [7, 11) is 0. The van der Waals surface area contributed by atoms with Gasteiger partial charge in [-0.25, -0.2) is 0 Å². The first-order valence-electron chi connectivity index (χ1n) is 6.38. The SMILES string of the molecule is Clc1cc(Oc2ccc3ccccc3c2Br)ccc1CBr. The van der Waals surface area contributed by atoms with Crippen molar-refractivity contribution in [1.82, 2.24) is 0 Å². The van der Waals surface area contributed by atoms with Gasteiger partial charge in [0.2, 0.25) is 0 Å². The van der Waals surface area contributed by atoms with Gasteiger partial charge in [-0.3, -0.25) is 0 Å². The summed E-state index contributed by atoms with van der Waals surface area (Å²) in [5.74, 6) is 1.50. The summed E-state index contributed by atoms with van der Waals surface area (Å²) in [5.41, 5.74) is 1.04. The maximum absolute atomic E-state index is 6.21. The molecule has 3 rings (SSSR count). The molecule has 0 radical (unpaired) electrons. The first-order valence-corrected chi connectivity index (χ1v) is 8.68. The molecule has 0 unspecified atom stereocenters. The Bertz CT molecular complexity index is 802. The molecule has 0 saturated carbocycles. The Morgan fingerprint density at radius 1 is 1.00 bits per heavy atom. The molecule has 0 spiro atoms. The minimum Gasteiger partial charge on any atom is -0.456 e. The average Bonchev–Trinajstić information content (AvgIpc) is 2.51. The summed E-state index contributed by atoms with van der Waals surface area (Å²) >= 11 is 13.2.